The van der Waals surface area contributed by atoms with Gasteiger partial charge >= 0.3 is 0 Å². The Balaban J connectivity index is 1.64. The third kappa shape index (κ3) is 4.72. The van der Waals surface area contributed by atoms with E-state index in [1.807, 2.05) is 12.1 Å². The maximum atomic E-state index is 13.8. The van der Waals surface area contributed by atoms with Crippen molar-refractivity contribution in [2.45, 2.75) is 19.8 Å². The summed E-state index contributed by atoms with van der Waals surface area (Å²) in [6, 6.07) is 12.5. The fourth-order valence-corrected chi connectivity index (χ4v) is 4.75. The smallest absolute Gasteiger partial charge is 0.267 e. The first kappa shape index (κ1) is 23.7. The summed E-state index contributed by atoms with van der Waals surface area (Å²) >= 11 is 0. The van der Waals surface area contributed by atoms with E-state index in [1.165, 1.54) is 12.1 Å². The summed E-state index contributed by atoms with van der Waals surface area (Å²) in [5.41, 5.74) is 11.5. The summed E-state index contributed by atoms with van der Waals surface area (Å²) in [5, 5.41) is 8.22. The Morgan fingerprint density at radius 2 is 1.94 bits per heavy atom. The van der Waals surface area contributed by atoms with Crippen molar-refractivity contribution in [3.63, 3.8) is 0 Å². The average Bonchev–Trinajstić information content (AvgIpc) is 3.35. The SMILES string of the molecule is C=C(c1cnc(C(N)=O)c(C)c1)c1cc2[nH]ncc2cc1N(CC1CCOCC1)c1ccc(F)cc1. The molecule has 7 nitrogen and oxygen atoms in total. The molecule has 3 N–H and O–H groups in total. The van der Waals surface area contributed by atoms with Crippen molar-refractivity contribution in [1.29, 1.82) is 0 Å². The molecule has 1 fully saturated rings. The summed E-state index contributed by atoms with van der Waals surface area (Å²) in [6.07, 6.45) is 5.33. The van der Waals surface area contributed by atoms with Gasteiger partial charge in [-0.1, -0.05) is 6.58 Å². The number of anilines is 2. The van der Waals surface area contributed by atoms with Gasteiger partial charge in [-0.3, -0.25) is 14.9 Å². The first-order chi connectivity index (χ1) is 17.4. The largest absolute Gasteiger partial charge is 0.381 e. The number of carbonyl (C=O) groups excluding carboxylic acids is 1. The second-order valence-electron chi connectivity index (χ2n) is 9.20. The molecule has 0 spiro atoms. The molecular weight excluding hydrogens is 457 g/mol. The maximum absolute atomic E-state index is 13.8. The topological polar surface area (TPSA) is 97.1 Å². The molecule has 8 heteroatoms. The number of hydrogen-bond donors (Lipinski definition) is 2. The van der Waals surface area contributed by atoms with Crippen LogP contribution < -0.4 is 10.6 Å². The van der Waals surface area contributed by atoms with Gasteiger partial charge in [0.1, 0.15) is 11.5 Å². The number of primary amides is 1. The number of fused-ring (bicyclic) bond motifs is 1. The summed E-state index contributed by atoms with van der Waals surface area (Å²) in [6.45, 7) is 8.42. The van der Waals surface area contributed by atoms with Crippen molar-refractivity contribution in [1.82, 2.24) is 15.2 Å². The number of nitrogens with zero attached hydrogens (tertiary/aromatic N) is 3. The van der Waals surface area contributed by atoms with Crippen LogP contribution in [0.2, 0.25) is 0 Å². The Bertz CT molecular complexity index is 1420. The van der Waals surface area contributed by atoms with Gasteiger partial charge in [-0.05, 0) is 79.3 Å². The number of H-pyrrole nitrogens is 1. The van der Waals surface area contributed by atoms with Gasteiger partial charge < -0.3 is 15.4 Å². The summed E-state index contributed by atoms with van der Waals surface area (Å²) in [7, 11) is 0. The quantitative estimate of drug-likeness (QED) is 0.378. The van der Waals surface area contributed by atoms with Crippen LogP contribution in [0, 0.1) is 18.7 Å². The van der Waals surface area contributed by atoms with E-state index in [-0.39, 0.29) is 11.5 Å². The monoisotopic (exact) mass is 485 g/mol. The van der Waals surface area contributed by atoms with Crippen LogP contribution >= 0.6 is 0 Å². The van der Waals surface area contributed by atoms with E-state index in [4.69, 9.17) is 10.5 Å². The van der Waals surface area contributed by atoms with Crippen molar-refractivity contribution in [2.75, 3.05) is 24.7 Å². The predicted octanol–water partition coefficient (Wildman–Crippen LogP) is 5.13. The van der Waals surface area contributed by atoms with E-state index >= 15 is 0 Å². The van der Waals surface area contributed by atoms with Crippen LogP contribution in [0.25, 0.3) is 16.5 Å². The molecule has 1 saturated heterocycles. The van der Waals surface area contributed by atoms with Crippen molar-refractivity contribution < 1.29 is 13.9 Å². The molecular formula is C28H28FN5O2. The van der Waals surface area contributed by atoms with Crippen LogP contribution in [0.4, 0.5) is 15.8 Å². The summed E-state index contributed by atoms with van der Waals surface area (Å²) in [4.78, 5) is 18.2. The van der Waals surface area contributed by atoms with E-state index in [0.29, 0.717) is 11.5 Å². The van der Waals surface area contributed by atoms with E-state index in [1.54, 1.807) is 31.5 Å². The Kier molecular flexibility index (Phi) is 6.52. The zero-order chi connectivity index (χ0) is 25.2. The number of nitrogens with two attached hydrogens (primary N) is 1. The molecule has 5 rings (SSSR count). The lowest BCUT2D eigenvalue weighted by atomic mass is 9.94. The highest BCUT2D eigenvalue weighted by atomic mass is 19.1. The van der Waals surface area contributed by atoms with Gasteiger partial charge in [-0.2, -0.15) is 5.10 Å². The molecule has 3 heterocycles. The predicted molar refractivity (Wildman–Crippen MR) is 139 cm³/mol. The number of amides is 1. The van der Waals surface area contributed by atoms with Crippen molar-refractivity contribution in [2.24, 2.45) is 11.7 Å². The molecule has 0 radical (unpaired) electrons. The van der Waals surface area contributed by atoms with Crippen LogP contribution in [-0.2, 0) is 4.74 Å². The number of nitrogens with one attached hydrogen (secondary N) is 1. The lowest BCUT2D eigenvalue weighted by molar-refractivity contribution is 0.0688. The second kappa shape index (κ2) is 9.91. The van der Waals surface area contributed by atoms with Gasteiger partial charge in [0.05, 0.1) is 11.7 Å². The Hall–Kier alpha value is -4.04. The number of aryl methyl sites for hydroxylation is 1. The molecule has 1 amide bonds. The third-order valence-corrected chi connectivity index (χ3v) is 6.75. The molecule has 0 unspecified atom stereocenters. The number of benzene rings is 2. The van der Waals surface area contributed by atoms with Crippen LogP contribution in [0.3, 0.4) is 0 Å². The lowest BCUT2D eigenvalue weighted by Crippen LogP contribution is -2.30. The van der Waals surface area contributed by atoms with Crippen molar-refractivity contribution >= 4 is 33.8 Å². The minimum absolute atomic E-state index is 0.239. The minimum atomic E-state index is -0.567. The summed E-state index contributed by atoms with van der Waals surface area (Å²) in [5.74, 6) is -0.428. The van der Waals surface area contributed by atoms with Gasteiger partial charge in [-0.25, -0.2) is 4.39 Å². The number of aromatic nitrogens is 3. The fraction of sp³-hybridized carbons (Fsp3) is 0.250. The number of rotatable bonds is 7. The van der Waals surface area contributed by atoms with Gasteiger partial charge in [0.15, 0.2) is 0 Å². The van der Waals surface area contributed by atoms with Crippen LogP contribution in [-0.4, -0.2) is 40.8 Å². The molecule has 0 aliphatic carbocycles. The normalized spacial score (nSPS) is 14.2. The maximum Gasteiger partial charge on any atom is 0.267 e. The number of hydrogen-bond acceptors (Lipinski definition) is 5. The zero-order valence-corrected chi connectivity index (χ0v) is 20.1. The average molecular weight is 486 g/mol. The molecule has 2 aromatic heterocycles. The molecule has 4 aromatic rings. The standard InChI is InChI=1S/C28H28FN5O2/c1-17-11-20(14-31-27(17)28(30)35)18(2)24-13-25-21(15-32-33-25)12-26(24)34(16-19-7-9-36-10-8-19)23-5-3-22(29)4-6-23/h3-6,11-15,19H,2,7-10,16H2,1H3,(H2,30,35)(H,32,33). The highest BCUT2D eigenvalue weighted by molar-refractivity contribution is 5.96. The molecule has 0 atom stereocenters. The minimum Gasteiger partial charge on any atom is -0.381 e. The van der Waals surface area contributed by atoms with Gasteiger partial charge in [0.25, 0.3) is 5.91 Å². The highest BCUT2D eigenvalue weighted by Gasteiger charge is 2.23. The van der Waals surface area contributed by atoms with Crippen molar-refractivity contribution in [3.8, 4) is 0 Å². The Morgan fingerprint density at radius 3 is 2.64 bits per heavy atom. The Morgan fingerprint density at radius 1 is 1.19 bits per heavy atom. The van der Waals surface area contributed by atoms with Gasteiger partial charge in [0, 0.05) is 53.8 Å². The number of ether oxygens (including phenoxy) is 1. The third-order valence-electron chi connectivity index (χ3n) is 6.75. The summed E-state index contributed by atoms with van der Waals surface area (Å²) < 4.78 is 19.4. The van der Waals surface area contributed by atoms with E-state index in [2.05, 4.69) is 32.7 Å². The number of aromatic amines is 1. The number of carbonyl (C=O) groups is 1. The van der Waals surface area contributed by atoms with Crippen LogP contribution in [0.1, 0.15) is 40.0 Å². The second-order valence-corrected chi connectivity index (χ2v) is 9.20. The Labute approximate surface area is 208 Å². The van der Waals surface area contributed by atoms with E-state index < -0.39 is 5.91 Å². The molecule has 1 aliphatic heterocycles. The van der Waals surface area contributed by atoms with Gasteiger partial charge in [0.2, 0.25) is 0 Å². The van der Waals surface area contributed by atoms with Gasteiger partial charge in [-0.15, -0.1) is 0 Å². The van der Waals surface area contributed by atoms with Crippen LogP contribution in [0.15, 0.2) is 61.4 Å². The fourth-order valence-electron chi connectivity index (χ4n) is 4.75. The van der Waals surface area contributed by atoms with Crippen molar-refractivity contribution in [3.05, 3.63) is 89.6 Å². The highest BCUT2D eigenvalue weighted by Crippen LogP contribution is 2.38. The molecule has 2 aromatic carbocycles. The van der Waals surface area contributed by atoms with E-state index in [0.717, 1.165) is 71.6 Å². The number of pyridine rings is 1. The first-order valence-corrected chi connectivity index (χ1v) is 11.9. The van der Waals surface area contributed by atoms with E-state index in [9.17, 15) is 9.18 Å². The molecule has 184 valence electrons. The molecule has 0 bridgehead atoms. The molecule has 0 saturated carbocycles. The first-order valence-electron chi connectivity index (χ1n) is 11.9. The zero-order valence-electron chi connectivity index (χ0n) is 20.1. The lowest BCUT2D eigenvalue weighted by Gasteiger charge is -2.33. The molecule has 1 aliphatic rings. The van der Waals surface area contributed by atoms with Crippen LogP contribution in [0.5, 0.6) is 0 Å². The molecule has 36 heavy (non-hydrogen) atoms. The number of halogens is 1.